The largest absolute Gasteiger partial charge is 0.0914 e. The van der Waals surface area contributed by atoms with Crippen LogP contribution >= 0.6 is 0 Å². The summed E-state index contributed by atoms with van der Waals surface area (Å²) in [7, 11) is 0. The van der Waals surface area contributed by atoms with E-state index in [0.29, 0.717) is 0 Å². The molecule has 206 valence electrons. The van der Waals surface area contributed by atoms with E-state index in [4.69, 9.17) is 0 Å². The molecule has 0 nitrogen and oxygen atoms in total. The Kier molecular flexibility index (Phi) is 8.99. The SMILES string of the molecule is CC1CCC(C2CCC(C)(C#Cc3ccc(C#CC4(C)CCC(C5CCC(C)CC5)CC4)cc3)CC2)CC1. The minimum Gasteiger partial charge on any atom is -0.0914 e. The molecule has 0 heteroatoms. The summed E-state index contributed by atoms with van der Waals surface area (Å²) in [5.41, 5.74) is 2.68. The quantitative estimate of drug-likeness (QED) is 0.347. The second kappa shape index (κ2) is 12.2. The Morgan fingerprint density at radius 3 is 1.08 bits per heavy atom. The molecule has 0 saturated heterocycles. The van der Waals surface area contributed by atoms with Gasteiger partial charge in [0.15, 0.2) is 0 Å². The van der Waals surface area contributed by atoms with E-state index in [9.17, 15) is 0 Å². The number of rotatable bonds is 2. The maximum absolute atomic E-state index is 3.70. The van der Waals surface area contributed by atoms with Gasteiger partial charge in [-0.25, -0.2) is 0 Å². The zero-order valence-electron chi connectivity index (χ0n) is 25.1. The van der Waals surface area contributed by atoms with Gasteiger partial charge in [-0.2, -0.15) is 0 Å². The molecule has 5 rings (SSSR count). The molecular formula is C38H54. The molecule has 0 atom stereocenters. The van der Waals surface area contributed by atoms with Crippen molar-refractivity contribution in [2.24, 2.45) is 46.3 Å². The second-order valence-electron chi connectivity index (χ2n) is 14.9. The van der Waals surface area contributed by atoms with Gasteiger partial charge in [0, 0.05) is 22.0 Å². The molecule has 0 spiro atoms. The average molecular weight is 511 g/mol. The van der Waals surface area contributed by atoms with Crippen molar-refractivity contribution in [3.8, 4) is 23.7 Å². The Bertz CT molecular complexity index is 918. The maximum atomic E-state index is 3.70. The molecule has 1 aromatic carbocycles. The predicted octanol–water partition coefficient (Wildman–Crippen LogP) is 10.4. The molecule has 4 aliphatic rings. The van der Waals surface area contributed by atoms with E-state index in [0.717, 1.165) is 46.6 Å². The molecule has 4 fully saturated rings. The van der Waals surface area contributed by atoms with Crippen molar-refractivity contribution in [2.75, 3.05) is 0 Å². The number of hydrogen-bond acceptors (Lipinski definition) is 0. The molecule has 38 heavy (non-hydrogen) atoms. The van der Waals surface area contributed by atoms with E-state index in [1.165, 1.54) is 103 Å². The molecule has 0 aliphatic heterocycles. The van der Waals surface area contributed by atoms with Gasteiger partial charge in [-0.05, 0) is 151 Å². The summed E-state index contributed by atoms with van der Waals surface area (Å²) >= 11 is 0. The second-order valence-corrected chi connectivity index (χ2v) is 14.9. The maximum Gasteiger partial charge on any atom is 0.0290 e. The van der Waals surface area contributed by atoms with E-state index < -0.39 is 0 Å². The van der Waals surface area contributed by atoms with Crippen LogP contribution in [0.2, 0.25) is 0 Å². The summed E-state index contributed by atoms with van der Waals surface area (Å²) in [6.07, 6.45) is 22.4. The molecule has 0 N–H and O–H groups in total. The van der Waals surface area contributed by atoms with Gasteiger partial charge in [-0.3, -0.25) is 0 Å². The average Bonchev–Trinajstić information content (AvgIpc) is 2.94. The highest BCUT2D eigenvalue weighted by molar-refractivity contribution is 5.43. The Morgan fingerprint density at radius 1 is 0.474 bits per heavy atom. The van der Waals surface area contributed by atoms with E-state index in [2.05, 4.69) is 75.6 Å². The fourth-order valence-electron chi connectivity index (χ4n) is 8.34. The lowest BCUT2D eigenvalue weighted by Crippen LogP contribution is -2.29. The van der Waals surface area contributed by atoms with Crippen LogP contribution in [0.15, 0.2) is 24.3 Å². The zero-order valence-corrected chi connectivity index (χ0v) is 25.1. The van der Waals surface area contributed by atoms with Crippen molar-refractivity contribution in [3.63, 3.8) is 0 Å². The first-order valence-corrected chi connectivity index (χ1v) is 16.5. The van der Waals surface area contributed by atoms with E-state index in [1.54, 1.807) is 0 Å². The monoisotopic (exact) mass is 510 g/mol. The van der Waals surface area contributed by atoms with Crippen LogP contribution in [0.25, 0.3) is 0 Å². The summed E-state index contributed by atoms with van der Waals surface area (Å²) < 4.78 is 0. The van der Waals surface area contributed by atoms with Crippen LogP contribution < -0.4 is 0 Å². The number of benzene rings is 1. The molecule has 0 amide bonds. The zero-order chi connectivity index (χ0) is 26.6. The van der Waals surface area contributed by atoms with Crippen LogP contribution in [-0.2, 0) is 0 Å². The molecule has 0 radical (unpaired) electrons. The van der Waals surface area contributed by atoms with E-state index >= 15 is 0 Å². The van der Waals surface area contributed by atoms with Crippen LogP contribution in [0.3, 0.4) is 0 Å². The van der Waals surface area contributed by atoms with Crippen molar-refractivity contribution in [1.82, 2.24) is 0 Å². The van der Waals surface area contributed by atoms with Crippen LogP contribution in [0.4, 0.5) is 0 Å². The normalized spacial score (nSPS) is 39.8. The van der Waals surface area contributed by atoms with Gasteiger partial charge < -0.3 is 0 Å². The summed E-state index contributed by atoms with van der Waals surface area (Å²) in [6, 6.07) is 8.77. The minimum atomic E-state index is 0.195. The van der Waals surface area contributed by atoms with Crippen LogP contribution in [0.5, 0.6) is 0 Å². The van der Waals surface area contributed by atoms with Crippen molar-refractivity contribution in [3.05, 3.63) is 35.4 Å². The Morgan fingerprint density at radius 2 is 0.763 bits per heavy atom. The van der Waals surface area contributed by atoms with Gasteiger partial charge in [-0.15, -0.1) is 0 Å². The fraction of sp³-hybridized carbons (Fsp3) is 0.737. The smallest absolute Gasteiger partial charge is 0.0290 e. The van der Waals surface area contributed by atoms with Crippen LogP contribution in [0, 0.1) is 70.0 Å². The molecule has 4 aliphatic carbocycles. The molecular weight excluding hydrogens is 456 g/mol. The predicted molar refractivity (Wildman–Crippen MR) is 163 cm³/mol. The first kappa shape index (κ1) is 27.9. The summed E-state index contributed by atoms with van der Waals surface area (Å²) in [4.78, 5) is 0. The third-order valence-electron chi connectivity index (χ3n) is 11.6. The molecule has 0 aromatic heterocycles. The standard InChI is InChI=1S/C38H54/c1-29-5-13-33(14-6-29)35-19-25-37(3,26-20-35)23-17-31-9-11-32(12-10-31)18-24-38(4)27-21-36(22-28-38)34-15-7-30(2)8-16-34/h9-12,29-30,33-36H,5-8,13-16,19-22,25-28H2,1-4H3. The highest BCUT2D eigenvalue weighted by Gasteiger charge is 2.35. The highest BCUT2D eigenvalue weighted by Crippen LogP contribution is 2.46. The first-order valence-electron chi connectivity index (χ1n) is 16.5. The Hall–Kier alpha value is -1.66. The highest BCUT2D eigenvalue weighted by atomic mass is 14.4. The van der Waals surface area contributed by atoms with Crippen molar-refractivity contribution < 1.29 is 0 Å². The van der Waals surface area contributed by atoms with E-state index in [-0.39, 0.29) is 10.8 Å². The number of hydrogen-bond donors (Lipinski definition) is 0. The molecule has 0 unspecified atom stereocenters. The summed E-state index contributed by atoms with van der Waals surface area (Å²) in [5, 5.41) is 0. The lowest BCUT2D eigenvalue weighted by molar-refractivity contribution is 0.134. The first-order chi connectivity index (χ1) is 18.3. The van der Waals surface area contributed by atoms with E-state index in [1.807, 2.05) is 0 Å². The van der Waals surface area contributed by atoms with Gasteiger partial charge in [0.1, 0.15) is 0 Å². The molecule has 1 aromatic rings. The van der Waals surface area contributed by atoms with Gasteiger partial charge in [0.2, 0.25) is 0 Å². The summed E-state index contributed by atoms with van der Waals surface area (Å²) in [5.74, 6) is 20.3. The fourth-order valence-corrected chi connectivity index (χ4v) is 8.34. The van der Waals surface area contributed by atoms with Gasteiger partial charge in [0.25, 0.3) is 0 Å². The van der Waals surface area contributed by atoms with Gasteiger partial charge >= 0.3 is 0 Å². The summed E-state index contributed by atoms with van der Waals surface area (Å²) in [6.45, 7) is 9.69. The van der Waals surface area contributed by atoms with Crippen LogP contribution in [0.1, 0.15) is 142 Å². The molecule has 0 heterocycles. The Labute approximate surface area is 235 Å². The van der Waals surface area contributed by atoms with Gasteiger partial charge in [0.05, 0.1) is 0 Å². The minimum absolute atomic E-state index is 0.195. The van der Waals surface area contributed by atoms with Gasteiger partial charge in [-0.1, -0.05) is 63.2 Å². The Balaban J connectivity index is 1.10. The lowest BCUT2D eigenvalue weighted by atomic mass is 9.65. The lowest BCUT2D eigenvalue weighted by Gasteiger charge is -2.39. The third-order valence-corrected chi connectivity index (χ3v) is 11.6. The van der Waals surface area contributed by atoms with Crippen molar-refractivity contribution in [2.45, 2.75) is 130 Å². The molecule has 0 bridgehead atoms. The van der Waals surface area contributed by atoms with Crippen molar-refractivity contribution >= 4 is 0 Å². The molecule has 4 saturated carbocycles. The third kappa shape index (κ3) is 7.29. The van der Waals surface area contributed by atoms with Crippen molar-refractivity contribution in [1.29, 1.82) is 0 Å². The van der Waals surface area contributed by atoms with Crippen LogP contribution in [-0.4, -0.2) is 0 Å². The topological polar surface area (TPSA) is 0 Å².